The summed E-state index contributed by atoms with van der Waals surface area (Å²) >= 11 is 6.83. The molecule has 0 spiro atoms. The zero-order valence-electron chi connectivity index (χ0n) is 11.6. The number of halogens is 2. The van der Waals surface area contributed by atoms with Gasteiger partial charge in [-0.1, -0.05) is 22.0 Å². The van der Waals surface area contributed by atoms with Gasteiger partial charge in [0.1, 0.15) is 11.6 Å². The van der Waals surface area contributed by atoms with Crippen LogP contribution in [0.25, 0.3) is 0 Å². The lowest BCUT2D eigenvalue weighted by Gasteiger charge is -2.11. The highest BCUT2D eigenvalue weighted by molar-refractivity contribution is 9.11. The number of aromatic nitrogens is 1. The first kappa shape index (κ1) is 16.0. The normalized spacial score (nSPS) is 10.3. The molecule has 4 nitrogen and oxygen atoms in total. The first-order valence-corrected chi connectivity index (χ1v) is 7.86. The van der Waals surface area contributed by atoms with E-state index in [0.717, 1.165) is 20.2 Å². The molecule has 110 valence electrons. The number of amides is 1. The number of hydrogen-bond acceptors (Lipinski definition) is 3. The average molecular weight is 414 g/mol. The molecule has 0 aliphatic rings. The van der Waals surface area contributed by atoms with Crippen LogP contribution < -0.4 is 10.1 Å². The van der Waals surface area contributed by atoms with Gasteiger partial charge in [0.15, 0.2) is 6.61 Å². The summed E-state index contributed by atoms with van der Waals surface area (Å²) in [5, 5.41) is 2.70. The van der Waals surface area contributed by atoms with Crippen LogP contribution >= 0.6 is 31.9 Å². The monoisotopic (exact) mass is 412 g/mol. The summed E-state index contributed by atoms with van der Waals surface area (Å²) < 4.78 is 7.33. The molecule has 21 heavy (non-hydrogen) atoms. The molecule has 2 rings (SSSR count). The van der Waals surface area contributed by atoms with Crippen molar-refractivity contribution in [2.24, 2.45) is 0 Å². The molecule has 0 atom stereocenters. The predicted octanol–water partition coefficient (Wildman–Crippen LogP) is 4.24. The number of nitrogens with zero attached hydrogens (tertiary/aromatic N) is 1. The number of carbonyl (C=O) groups is 1. The zero-order valence-corrected chi connectivity index (χ0v) is 14.8. The Labute approximate surface area is 140 Å². The van der Waals surface area contributed by atoms with E-state index >= 15 is 0 Å². The van der Waals surface area contributed by atoms with Crippen molar-refractivity contribution in [2.75, 3.05) is 11.9 Å². The summed E-state index contributed by atoms with van der Waals surface area (Å²) in [5.41, 5.74) is 1.79. The quantitative estimate of drug-likeness (QED) is 0.815. The first-order chi connectivity index (χ1) is 9.95. The van der Waals surface area contributed by atoms with Gasteiger partial charge < -0.3 is 10.1 Å². The minimum Gasteiger partial charge on any atom is -0.482 e. The highest BCUT2D eigenvalue weighted by Gasteiger charge is 2.10. The standard InChI is InChI=1S/C15H14Br2N2O2/c1-9-6-11(16)7-12(17)15(9)21-8-14(20)19-13-5-3-4-10(2)18-13/h3-7H,8H2,1-2H3,(H,18,19,20). The zero-order chi connectivity index (χ0) is 15.4. The molecule has 0 saturated heterocycles. The maximum atomic E-state index is 11.9. The molecule has 0 fully saturated rings. The Morgan fingerprint density at radius 3 is 2.71 bits per heavy atom. The van der Waals surface area contributed by atoms with Crippen molar-refractivity contribution in [3.63, 3.8) is 0 Å². The highest BCUT2D eigenvalue weighted by Crippen LogP contribution is 2.32. The Morgan fingerprint density at radius 2 is 2.05 bits per heavy atom. The molecular weight excluding hydrogens is 400 g/mol. The summed E-state index contributed by atoms with van der Waals surface area (Å²) in [6.07, 6.45) is 0. The lowest BCUT2D eigenvalue weighted by atomic mass is 10.2. The second-order valence-electron chi connectivity index (χ2n) is 4.53. The molecule has 0 unspecified atom stereocenters. The van der Waals surface area contributed by atoms with Crippen LogP contribution in [-0.4, -0.2) is 17.5 Å². The van der Waals surface area contributed by atoms with Crippen LogP contribution in [0.1, 0.15) is 11.3 Å². The fourth-order valence-electron chi connectivity index (χ4n) is 1.80. The second kappa shape index (κ2) is 7.04. The first-order valence-electron chi connectivity index (χ1n) is 6.27. The van der Waals surface area contributed by atoms with Gasteiger partial charge in [-0.3, -0.25) is 4.79 Å². The molecule has 1 heterocycles. The Hall–Kier alpha value is -1.40. The van der Waals surface area contributed by atoms with Crippen molar-refractivity contribution >= 4 is 43.6 Å². The SMILES string of the molecule is Cc1cccc(NC(=O)COc2c(C)cc(Br)cc2Br)n1. The molecule has 0 radical (unpaired) electrons. The van der Waals surface area contributed by atoms with Crippen molar-refractivity contribution in [1.82, 2.24) is 4.98 Å². The van der Waals surface area contributed by atoms with E-state index in [4.69, 9.17) is 4.74 Å². The maximum absolute atomic E-state index is 11.9. The van der Waals surface area contributed by atoms with E-state index in [1.54, 1.807) is 6.07 Å². The third-order valence-corrected chi connectivity index (χ3v) is 3.74. The Bertz CT molecular complexity index is 651. The molecule has 0 aliphatic carbocycles. The lowest BCUT2D eigenvalue weighted by Crippen LogP contribution is -2.21. The fourth-order valence-corrected chi connectivity index (χ4v) is 3.35. The van der Waals surface area contributed by atoms with Gasteiger partial charge in [0.05, 0.1) is 4.47 Å². The van der Waals surface area contributed by atoms with Crippen LogP contribution in [0.2, 0.25) is 0 Å². The van der Waals surface area contributed by atoms with Crippen LogP contribution in [0.4, 0.5) is 5.82 Å². The van der Waals surface area contributed by atoms with Gasteiger partial charge in [0.25, 0.3) is 5.91 Å². The van der Waals surface area contributed by atoms with Gasteiger partial charge >= 0.3 is 0 Å². The fraction of sp³-hybridized carbons (Fsp3) is 0.200. The van der Waals surface area contributed by atoms with E-state index in [9.17, 15) is 4.79 Å². The van der Waals surface area contributed by atoms with Crippen LogP contribution in [-0.2, 0) is 4.79 Å². The molecule has 1 N–H and O–H groups in total. The van der Waals surface area contributed by atoms with Crippen LogP contribution in [0.3, 0.4) is 0 Å². The summed E-state index contributed by atoms with van der Waals surface area (Å²) in [6.45, 7) is 3.72. The largest absolute Gasteiger partial charge is 0.482 e. The third kappa shape index (κ3) is 4.54. The molecular formula is C15H14Br2N2O2. The van der Waals surface area contributed by atoms with Gasteiger partial charge in [0.2, 0.25) is 0 Å². The van der Waals surface area contributed by atoms with Gasteiger partial charge in [-0.25, -0.2) is 4.98 Å². The molecule has 0 aliphatic heterocycles. The van der Waals surface area contributed by atoms with Gasteiger partial charge in [-0.05, 0) is 59.6 Å². The van der Waals surface area contributed by atoms with E-state index in [2.05, 4.69) is 42.2 Å². The summed E-state index contributed by atoms with van der Waals surface area (Å²) in [7, 11) is 0. The molecule has 1 aromatic carbocycles. The number of anilines is 1. The smallest absolute Gasteiger partial charge is 0.263 e. The summed E-state index contributed by atoms with van der Waals surface area (Å²) in [5.74, 6) is 0.933. The molecule has 0 saturated carbocycles. The van der Waals surface area contributed by atoms with Crippen molar-refractivity contribution in [2.45, 2.75) is 13.8 Å². The van der Waals surface area contributed by atoms with Crippen molar-refractivity contribution in [3.05, 3.63) is 50.5 Å². The minimum atomic E-state index is -0.248. The molecule has 0 bridgehead atoms. The summed E-state index contributed by atoms with van der Waals surface area (Å²) in [6, 6.07) is 9.26. The van der Waals surface area contributed by atoms with Crippen LogP contribution in [0.15, 0.2) is 39.3 Å². The number of hydrogen-bond donors (Lipinski definition) is 1. The molecule has 6 heteroatoms. The number of carbonyl (C=O) groups excluding carboxylic acids is 1. The van der Waals surface area contributed by atoms with Crippen LogP contribution in [0, 0.1) is 13.8 Å². The van der Waals surface area contributed by atoms with Crippen molar-refractivity contribution in [1.29, 1.82) is 0 Å². The topological polar surface area (TPSA) is 51.2 Å². The number of nitrogens with one attached hydrogen (secondary N) is 1. The Kier molecular flexibility index (Phi) is 5.36. The lowest BCUT2D eigenvalue weighted by molar-refractivity contribution is -0.118. The van der Waals surface area contributed by atoms with Crippen molar-refractivity contribution < 1.29 is 9.53 Å². The number of ether oxygens (including phenoxy) is 1. The van der Waals surface area contributed by atoms with Gasteiger partial charge in [-0.2, -0.15) is 0 Å². The van der Waals surface area contributed by atoms with E-state index in [1.165, 1.54) is 0 Å². The van der Waals surface area contributed by atoms with E-state index in [1.807, 2.05) is 38.1 Å². The Balaban J connectivity index is 1.99. The number of aryl methyl sites for hydroxylation is 2. The van der Waals surface area contributed by atoms with Gasteiger partial charge in [0, 0.05) is 10.2 Å². The van der Waals surface area contributed by atoms with Gasteiger partial charge in [-0.15, -0.1) is 0 Å². The second-order valence-corrected chi connectivity index (χ2v) is 6.30. The van der Waals surface area contributed by atoms with E-state index < -0.39 is 0 Å². The minimum absolute atomic E-state index is 0.0727. The third-order valence-electron chi connectivity index (χ3n) is 2.70. The number of pyridine rings is 1. The predicted molar refractivity (Wildman–Crippen MR) is 89.7 cm³/mol. The average Bonchev–Trinajstić information content (AvgIpc) is 2.37. The molecule has 2 aromatic rings. The van der Waals surface area contributed by atoms with E-state index in [-0.39, 0.29) is 12.5 Å². The van der Waals surface area contributed by atoms with E-state index in [0.29, 0.717) is 11.6 Å². The number of rotatable bonds is 4. The van der Waals surface area contributed by atoms with Crippen molar-refractivity contribution in [3.8, 4) is 5.75 Å². The highest BCUT2D eigenvalue weighted by atomic mass is 79.9. The van der Waals surface area contributed by atoms with Crippen LogP contribution in [0.5, 0.6) is 5.75 Å². The maximum Gasteiger partial charge on any atom is 0.263 e. The summed E-state index contributed by atoms with van der Waals surface area (Å²) in [4.78, 5) is 16.1. The number of benzene rings is 1. The Morgan fingerprint density at radius 1 is 1.29 bits per heavy atom. The molecule has 1 amide bonds. The molecule has 1 aromatic heterocycles.